The third-order valence-electron chi connectivity index (χ3n) is 5.66. The highest BCUT2D eigenvalue weighted by atomic mass is 19.2. The summed E-state index contributed by atoms with van der Waals surface area (Å²) in [6.45, 7) is 3.92. The van der Waals surface area contributed by atoms with Crippen molar-refractivity contribution in [2.75, 3.05) is 0 Å². The number of hydrogen-bond acceptors (Lipinski definition) is 3. The number of halogens is 2. The number of aromatic nitrogens is 2. The van der Waals surface area contributed by atoms with E-state index < -0.39 is 17.5 Å². The number of carbonyl (C=O) groups excluding carboxylic acids is 1. The molecule has 1 aliphatic rings. The summed E-state index contributed by atoms with van der Waals surface area (Å²) in [6, 6.07) is 5.97. The Hall–Kier alpha value is -3.09. The summed E-state index contributed by atoms with van der Waals surface area (Å²) in [7, 11) is 0. The van der Waals surface area contributed by atoms with Crippen LogP contribution < -0.4 is 11.2 Å². The van der Waals surface area contributed by atoms with Gasteiger partial charge in [-0.3, -0.25) is 14.6 Å². The lowest BCUT2D eigenvalue weighted by molar-refractivity contribution is 0.0997. The van der Waals surface area contributed by atoms with E-state index >= 15 is 0 Å². The van der Waals surface area contributed by atoms with Crippen molar-refractivity contribution in [1.29, 1.82) is 0 Å². The first-order valence-electron chi connectivity index (χ1n) is 10.00. The van der Waals surface area contributed by atoms with E-state index in [0.29, 0.717) is 22.9 Å². The van der Waals surface area contributed by atoms with Gasteiger partial charge in [-0.05, 0) is 54.9 Å². The highest BCUT2D eigenvalue weighted by Crippen LogP contribution is 2.37. The second-order valence-corrected chi connectivity index (χ2v) is 7.83. The summed E-state index contributed by atoms with van der Waals surface area (Å²) in [5.74, 6) is -0.988. The quantitative estimate of drug-likeness (QED) is 0.644. The smallest absolute Gasteiger partial charge is 0.268 e. The Kier molecular flexibility index (Phi) is 6.59. The van der Waals surface area contributed by atoms with Crippen molar-refractivity contribution in [2.24, 2.45) is 11.7 Å². The molecule has 30 heavy (non-hydrogen) atoms. The normalized spacial score (nSPS) is 18.5. The first-order valence-corrected chi connectivity index (χ1v) is 10.00. The van der Waals surface area contributed by atoms with E-state index in [4.69, 9.17) is 5.73 Å². The van der Waals surface area contributed by atoms with Crippen LogP contribution in [0.4, 0.5) is 8.78 Å². The molecule has 4 rings (SSSR count). The zero-order chi connectivity index (χ0) is 21.8. The third kappa shape index (κ3) is 4.56. The lowest BCUT2D eigenvalue weighted by atomic mass is 9.77. The van der Waals surface area contributed by atoms with Gasteiger partial charge in [0.05, 0.1) is 10.9 Å². The Morgan fingerprint density at radius 3 is 2.67 bits per heavy atom. The standard InChI is InChI=1S/C14H18F2.C9H7N3O2/c1-9-4-3-5-11(8-9)12-6-7-13(15)14(16)10(12)2;10-9(14)8-7-5(1-3-12-8)11-4-2-6(7)13/h6-7,9,11H,3-5,8H2,1-2H3;1-4H,(H2,10,14)(H,11,13). The predicted octanol–water partition coefficient (Wildman–Crippen LogP) is 4.59. The largest absolute Gasteiger partial charge is 0.364 e. The van der Waals surface area contributed by atoms with Crippen LogP contribution in [-0.2, 0) is 0 Å². The molecule has 2 atom stereocenters. The van der Waals surface area contributed by atoms with Gasteiger partial charge in [0.15, 0.2) is 17.1 Å². The molecule has 1 saturated carbocycles. The number of nitrogens with one attached hydrogen (secondary N) is 1. The zero-order valence-electron chi connectivity index (χ0n) is 17.0. The molecule has 0 radical (unpaired) electrons. The molecule has 2 unspecified atom stereocenters. The molecule has 1 fully saturated rings. The van der Waals surface area contributed by atoms with E-state index in [0.717, 1.165) is 18.4 Å². The molecular formula is C23H25F2N3O2. The highest BCUT2D eigenvalue weighted by molar-refractivity contribution is 6.03. The number of benzene rings is 1. The van der Waals surface area contributed by atoms with Crippen molar-refractivity contribution in [3.05, 3.63) is 75.3 Å². The number of nitrogens with two attached hydrogens (primary N) is 1. The van der Waals surface area contributed by atoms with Crippen molar-refractivity contribution in [3.63, 3.8) is 0 Å². The van der Waals surface area contributed by atoms with Crippen LogP contribution in [0, 0.1) is 24.5 Å². The average molecular weight is 413 g/mol. The molecule has 1 amide bonds. The van der Waals surface area contributed by atoms with Crippen LogP contribution >= 0.6 is 0 Å². The second-order valence-electron chi connectivity index (χ2n) is 7.83. The fourth-order valence-electron chi connectivity index (χ4n) is 4.13. The van der Waals surface area contributed by atoms with Gasteiger partial charge in [0.25, 0.3) is 5.91 Å². The molecule has 0 bridgehead atoms. The number of rotatable bonds is 2. The topological polar surface area (TPSA) is 88.8 Å². The molecule has 1 aromatic carbocycles. The van der Waals surface area contributed by atoms with E-state index in [1.165, 1.54) is 37.4 Å². The van der Waals surface area contributed by atoms with Crippen molar-refractivity contribution >= 4 is 16.8 Å². The summed E-state index contributed by atoms with van der Waals surface area (Å²) in [5, 5.41) is 0.238. The summed E-state index contributed by atoms with van der Waals surface area (Å²) < 4.78 is 26.5. The second kappa shape index (κ2) is 9.15. The Labute approximate surface area is 173 Å². The molecule has 5 nitrogen and oxygen atoms in total. The van der Waals surface area contributed by atoms with E-state index in [1.807, 2.05) is 0 Å². The lowest BCUT2D eigenvalue weighted by Crippen LogP contribution is -2.17. The number of H-pyrrole nitrogens is 1. The monoisotopic (exact) mass is 413 g/mol. The van der Waals surface area contributed by atoms with Crippen molar-refractivity contribution in [2.45, 2.75) is 45.4 Å². The van der Waals surface area contributed by atoms with Crippen molar-refractivity contribution < 1.29 is 13.6 Å². The molecule has 2 heterocycles. The number of primary amides is 1. The minimum Gasteiger partial charge on any atom is -0.364 e. The third-order valence-corrected chi connectivity index (χ3v) is 5.66. The first-order chi connectivity index (χ1) is 14.3. The maximum Gasteiger partial charge on any atom is 0.268 e. The van der Waals surface area contributed by atoms with Gasteiger partial charge in [0, 0.05) is 18.5 Å². The average Bonchev–Trinajstić information content (AvgIpc) is 2.72. The fraction of sp³-hybridized carbons (Fsp3) is 0.348. The summed E-state index contributed by atoms with van der Waals surface area (Å²) in [5.41, 5.74) is 6.90. The molecule has 2 aromatic heterocycles. The number of aromatic amines is 1. The summed E-state index contributed by atoms with van der Waals surface area (Å²) in [6.07, 6.45) is 7.61. The number of nitrogens with zero attached hydrogens (tertiary/aromatic N) is 1. The minimum absolute atomic E-state index is 0.00403. The molecule has 0 saturated heterocycles. The summed E-state index contributed by atoms with van der Waals surface area (Å²) >= 11 is 0. The van der Waals surface area contributed by atoms with E-state index in [2.05, 4.69) is 16.9 Å². The van der Waals surface area contributed by atoms with Gasteiger partial charge in [-0.15, -0.1) is 0 Å². The van der Waals surface area contributed by atoms with Crippen molar-refractivity contribution in [1.82, 2.24) is 9.97 Å². The Morgan fingerprint density at radius 2 is 1.97 bits per heavy atom. The van der Waals surface area contributed by atoms with Crippen LogP contribution in [0.1, 0.15) is 60.1 Å². The Balaban J connectivity index is 0.000000172. The highest BCUT2D eigenvalue weighted by Gasteiger charge is 2.23. The van der Waals surface area contributed by atoms with Crippen molar-refractivity contribution in [3.8, 4) is 0 Å². The summed E-state index contributed by atoms with van der Waals surface area (Å²) in [4.78, 5) is 29.0. The molecule has 3 aromatic rings. The number of amides is 1. The van der Waals surface area contributed by atoms with Crippen LogP contribution in [0.5, 0.6) is 0 Å². The van der Waals surface area contributed by atoms with Crippen LogP contribution in [0.3, 0.4) is 0 Å². The zero-order valence-corrected chi connectivity index (χ0v) is 17.0. The predicted molar refractivity (Wildman–Crippen MR) is 112 cm³/mol. The van der Waals surface area contributed by atoms with Crippen LogP contribution in [0.25, 0.3) is 10.9 Å². The molecule has 0 spiro atoms. The maximum atomic E-state index is 13.5. The number of carbonyl (C=O) groups is 1. The first kappa shape index (κ1) is 21.6. The van der Waals surface area contributed by atoms with Crippen LogP contribution in [0.15, 0.2) is 41.5 Å². The Bertz CT molecular complexity index is 1120. The van der Waals surface area contributed by atoms with E-state index in [-0.39, 0.29) is 16.5 Å². The van der Waals surface area contributed by atoms with Gasteiger partial charge in [-0.2, -0.15) is 0 Å². The van der Waals surface area contributed by atoms with Gasteiger partial charge in [-0.25, -0.2) is 8.78 Å². The molecule has 158 valence electrons. The Morgan fingerprint density at radius 1 is 1.20 bits per heavy atom. The SMILES string of the molecule is Cc1c(C2CCCC(C)C2)ccc(F)c1F.NC(=O)c1nccc2[nH]ccc(=O)c12. The molecule has 0 aliphatic heterocycles. The van der Waals surface area contributed by atoms with Crippen LogP contribution in [-0.4, -0.2) is 15.9 Å². The molecule has 3 N–H and O–H groups in total. The van der Waals surface area contributed by atoms with Gasteiger partial charge in [0.2, 0.25) is 0 Å². The molecule has 7 heteroatoms. The minimum atomic E-state index is -0.731. The van der Waals surface area contributed by atoms with Gasteiger partial charge in [0.1, 0.15) is 5.69 Å². The van der Waals surface area contributed by atoms with Crippen LogP contribution in [0.2, 0.25) is 0 Å². The molecular weight excluding hydrogens is 388 g/mol. The number of pyridine rings is 2. The lowest BCUT2D eigenvalue weighted by Gasteiger charge is -2.28. The fourth-order valence-corrected chi connectivity index (χ4v) is 4.13. The van der Waals surface area contributed by atoms with E-state index in [9.17, 15) is 18.4 Å². The number of hydrogen-bond donors (Lipinski definition) is 2. The van der Waals surface area contributed by atoms with Gasteiger partial charge < -0.3 is 10.7 Å². The maximum absolute atomic E-state index is 13.5. The van der Waals surface area contributed by atoms with Gasteiger partial charge >= 0.3 is 0 Å². The molecule has 1 aliphatic carbocycles. The number of fused-ring (bicyclic) bond motifs is 1. The van der Waals surface area contributed by atoms with E-state index in [1.54, 1.807) is 19.1 Å². The van der Waals surface area contributed by atoms with Gasteiger partial charge in [-0.1, -0.05) is 25.8 Å².